The number of ether oxygens (including phenoxy) is 1. The molecular formula is C27H29Cl2N5O2. The molecule has 1 amide bonds. The smallest absolute Gasteiger partial charge is 0.254 e. The highest BCUT2D eigenvalue weighted by Gasteiger charge is 2.31. The summed E-state index contributed by atoms with van der Waals surface area (Å²) in [6.45, 7) is 4.19. The van der Waals surface area contributed by atoms with Gasteiger partial charge >= 0.3 is 0 Å². The highest BCUT2D eigenvalue weighted by Crippen LogP contribution is 2.31. The molecule has 2 fully saturated rings. The first-order valence-corrected chi connectivity index (χ1v) is 13.1. The summed E-state index contributed by atoms with van der Waals surface area (Å²) in [4.78, 5) is 26.6. The Balaban J connectivity index is 1.32. The normalized spacial score (nSPS) is 18.1. The average Bonchev–Trinajstić information content (AvgIpc) is 3.56. The van der Waals surface area contributed by atoms with E-state index in [0.717, 1.165) is 44.6 Å². The molecule has 0 spiro atoms. The van der Waals surface area contributed by atoms with E-state index in [1.807, 2.05) is 29.2 Å². The lowest BCUT2D eigenvalue weighted by molar-refractivity contribution is 0.0709. The number of hydrogen-bond donors (Lipinski definition) is 1. The van der Waals surface area contributed by atoms with E-state index in [2.05, 4.69) is 14.9 Å². The molecule has 7 nitrogen and oxygen atoms in total. The van der Waals surface area contributed by atoms with Crippen LogP contribution >= 0.6 is 23.2 Å². The van der Waals surface area contributed by atoms with Gasteiger partial charge in [-0.3, -0.25) is 4.79 Å². The summed E-state index contributed by atoms with van der Waals surface area (Å²) in [7, 11) is 0. The molecule has 0 radical (unpaired) electrons. The van der Waals surface area contributed by atoms with Crippen LogP contribution in [0.4, 0.5) is 5.82 Å². The maximum absolute atomic E-state index is 13.3. The van der Waals surface area contributed by atoms with Gasteiger partial charge in [0.2, 0.25) is 5.88 Å². The van der Waals surface area contributed by atoms with Gasteiger partial charge in [0.15, 0.2) is 0 Å². The zero-order valence-corrected chi connectivity index (χ0v) is 21.5. The van der Waals surface area contributed by atoms with Gasteiger partial charge in [0, 0.05) is 45.9 Å². The molecule has 2 N–H and O–H groups in total. The van der Waals surface area contributed by atoms with Gasteiger partial charge in [0.05, 0.1) is 6.20 Å². The maximum Gasteiger partial charge on any atom is 0.254 e. The molecule has 9 heteroatoms. The monoisotopic (exact) mass is 525 g/mol. The Hall–Kier alpha value is -2.87. The van der Waals surface area contributed by atoms with Crippen molar-refractivity contribution in [1.82, 2.24) is 19.8 Å². The fourth-order valence-corrected chi connectivity index (χ4v) is 5.49. The summed E-state index contributed by atoms with van der Waals surface area (Å²) in [6, 6.07) is 13.0. The molecule has 0 aliphatic carbocycles. The van der Waals surface area contributed by atoms with Gasteiger partial charge in [0.1, 0.15) is 18.1 Å². The van der Waals surface area contributed by atoms with Gasteiger partial charge in [0.25, 0.3) is 5.91 Å². The molecule has 2 aliphatic heterocycles. The predicted molar refractivity (Wildman–Crippen MR) is 142 cm³/mol. The van der Waals surface area contributed by atoms with Crippen LogP contribution in [0.15, 0.2) is 48.7 Å². The summed E-state index contributed by atoms with van der Waals surface area (Å²) >= 11 is 12.6. The van der Waals surface area contributed by atoms with Crippen LogP contribution in [0.25, 0.3) is 11.3 Å². The van der Waals surface area contributed by atoms with Crippen LogP contribution < -0.4 is 10.5 Å². The lowest BCUT2D eigenvalue weighted by atomic mass is 10.1. The largest absolute Gasteiger partial charge is 0.471 e. The second-order valence-electron chi connectivity index (χ2n) is 9.32. The number of aromatic nitrogens is 2. The summed E-state index contributed by atoms with van der Waals surface area (Å²) < 4.78 is 5.95. The highest BCUT2D eigenvalue weighted by atomic mass is 35.5. The number of likely N-dealkylation sites (tertiary alicyclic amines) is 2. The van der Waals surface area contributed by atoms with Crippen molar-refractivity contribution in [2.24, 2.45) is 0 Å². The van der Waals surface area contributed by atoms with Gasteiger partial charge < -0.3 is 20.3 Å². The number of carbonyl (C=O) groups is 1. The molecule has 3 heterocycles. The van der Waals surface area contributed by atoms with Crippen molar-refractivity contribution in [3.05, 3.63) is 69.8 Å². The number of carbonyl (C=O) groups excluding carboxylic acids is 1. The number of hydrogen-bond acceptors (Lipinski definition) is 6. The Morgan fingerprint density at radius 3 is 2.47 bits per heavy atom. The summed E-state index contributed by atoms with van der Waals surface area (Å²) in [6.07, 6.45) is 6.12. The second kappa shape index (κ2) is 11.0. The Morgan fingerprint density at radius 1 is 1.03 bits per heavy atom. The summed E-state index contributed by atoms with van der Waals surface area (Å²) in [5.41, 5.74) is 8.51. The van der Waals surface area contributed by atoms with Gasteiger partial charge in [-0.25, -0.2) is 4.98 Å². The predicted octanol–water partition coefficient (Wildman–Crippen LogP) is 5.31. The molecule has 188 valence electrons. The topological polar surface area (TPSA) is 84.6 Å². The second-order valence-corrected chi connectivity index (χ2v) is 10.1. The minimum absolute atomic E-state index is 0.0801. The SMILES string of the molecule is Nc1cnc(-c2ccc(C(=O)N3CCC[C@@H]3CN3CCCC3)cc2)c(OCc2c(Cl)cccc2Cl)n1. The molecule has 2 aliphatic rings. The number of benzene rings is 2. The van der Waals surface area contributed by atoms with E-state index in [4.69, 9.17) is 33.7 Å². The van der Waals surface area contributed by atoms with E-state index in [0.29, 0.717) is 26.9 Å². The third kappa shape index (κ3) is 5.43. The first-order valence-electron chi connectivity index (χ1n) is 12.3. The van der Waals surface area contributed by atoms with E-state index in [1.165, 1.54) is 19.0 Å². The molecule has 1 atom stereocenters. The standard InChI is InChI=1S/C27H29Cl2N5O2/c28-22-6-3-7-23(29)21(22)17-36-26-25(31-15-24(30)32-26)18-8-10-19(11-9-18)27(35)34-14-4-5-20(34)16-33-12-1-2-13-33/h3,6-11,15,20H,1-2,4-5,12-14,16-17H2,(H2,30,32)/t20-/m1/s1. The van der Waals surface area contributed by atoms with E-state index in [-0.39, 0.29) is 30.3 Å². The fraction of sp³-hybridized carbons (Fsp3) is 0.370. The number of rotatable bonds is 7. The zero-order valence-electron chi connectivity index (χ0n) is 20.0. The lowest BCUT2D eigenvalue weighted by Crippen LogP contribution is -2.42. The molecular weight excluding hydrogens is 497 g/mol. The van der Waals surface area contributed by atoms with Crippen molar-refractivity contribution in [3.63, 3.8) is 0 Å². The molecule has 0 unspecified atom stereocenters. The first kappa shape index (κ1) is 24.8. The van der Waals surface area contributed by atoms with Crippen molar-refractivity contribution < 1.29 is 9.53 Å². The van der Waals surface area contributed by atoms with Gasteiger partial charge in [-0.15, -0.1) is 0 Å². The number of nitrogen functional groups attached to an aromatic ring is 1. The molecule has 36 heavy (non-hydrogen) atoms. The zero-order chi connectivity index (χ0) is 25.1. The molecule has 0 bridgehead atoms. The van der Waals surface area contributed by atoms with E-state index < -0.39 is 0 Å². The van der Waals surface area contributed by atoms with Crippen LogP contribution in [-0.4, -0.2) is 57.9 Å². The van der Waals surface area contributed by atoms with E-state index in [1.54, 1.807) is 18.2 Å². The third-order valence-electron chi connectivity index (χ3n) is 6.88. The molecule has 0 saturated carbocycles. The molecule has 3 aromatic rings. The van der Waals surface area contributed by atoms with Crippen LogP contribution in [0.1, 0.15) is 41.6 Å². The minimum Gasteiger partial charge on any atom is -0.471 e. The molecule has 2 saturated heterocycles. The number of amides is 1. The number of halogens is 2. The third-order valence-corrected chi connectivity index (χ3v) is 7.59. The van der Waals surface area contributed by atoms with Crippen LogP contribution in [0.3, 0.4) is 0 Å². The first-order chi connectivity index (χ1) is 17.5. The Bertz CT molecular complexity index is 1210. The quantitative estimate of drug-likeness (QED) is 0.449. The number of anilines is 1. The number of nitrogens with zero attached hydrogens (tertiary/aromatic N) is 4. The Kier molecular flexibility index (Phi) is 7.60. The van der Waals surface area contributed by atoms with Crippen molar-refractivity contribution in [2.75, 3.05) is 31.9 Å². The summed E-state index contributed by atoms with van der Waals surface area (Å²) in [5.74, 6) is 0.593. The highest BCUT2D eigenvalue weighted by molar-refractivity contribution is 6.35. The fourth-order valence-electron chi connectivity index (χ4n) is 4.99. The minimum atomic E-state index is 0.0801. The van der Waals surface area contributed by atoms with Gasteiger partial charge in [-0.2, -0.15) is 4.98 Å². The van der Waals surface area contributed by atoms with Crippen LogP contribution in [-0.2, 0) is 6.61 Å². The van der Waals surface area contributed by atoms with Crippen molar-refractivity contribution in [3.8, 4) is 17.1 Å². The lowest BCUT2D eigenvalue weighted by Gasteiger charge is -2.28. The van der Waals surface area contributed by atoms with Crippen LogP contribution in [0.2, 0.25) is 10.0 Å². The van der Waals surface area contributed by atoms with E-state index in [9.17, 15) is 4.79 Å². The number of nitrogens with two attached hydrogens (primary N) is 1. The maximum atomic E-state index is 13.3. The van der Waals surface area contributed by atoms with Crippen LogP contribution in [0.5, 0.6) is 5.88 Å². The molecule has 2 aromatic carbocycles. The molecule has 5 rings (SSSR count). The Labute approximate surface area is 221 Å². The average molecular weight is 526 g/mol. The van der Waals surface area contributed by atoms with Gasteiger partial charge in [-0.1, -0.05) is 41.4 Å². The van der Waals surface area contributed by atoms with Gasteiger partial charge in [-0.05, 0) is 63.0 Å². The van der Waals surface area contributed by atoms with Crippen molar-refractivity contribution >= 4 is 34.9 Å². The molecule has 1 aromatic heterocycles. The summed E-state index contributed by atoms with van der Waals surface area (Å²) in [5, 5.41) is 1.02. The Morgan fingerprint density at radius 2 is 1.75 bits per heavy atom. The van der Waals surface area contributed by atoms with Crippen LogP contribution in [0, 0.1) is 0 Å². The van der Waals surface area contributed by atoms with Crippen molar-refractivity contribution in [2.45, 2.75) is 38.3 Å². The van der Waals surface area contributed by atoms with E-state index >= 15 is 0 Å². The van der Waals surface area contributed by atoms with Crippen molar-refractivity contribution in [1.29, 1.82) is 0 Å².